The first-order valence-electron chi connectivity index (χ1n) is 5.92. The van der Waals surface area contributed by atoms with Crippen LogP contribution in [0.5, 0.6) is 0 Å². The zero-order valence-electron chi connectivity index (χ0n) is 9.88. The molecule has 0 saturated heterocycles. The van der Waals surface area contributed by atoms with Gasteiger partial charge in [-0.25, -0.2) is 4.98 Å². The summed E-state index contributed by atoms with van der Waals surface area (Å²) in [6.45, 7) is 0.809. The molecule has 2 aromatic carbocycles. The van der Waals surface area contributed by atoms with E-state index in [1.165, 1.54) is 5.56 Å². The summed E-state index contributed by atoms with van der Waals surface area (Å²) < 4.78 is 2.18. The molecule has 18 heavy (non-hydrogen) atoms. The van der Waals surface area contributed by atoms with Crippen molar-refractivity contribution in [3.63, 3.8) is 0 Å². The van der Waals surface area contributed by atoms with Crippen LogP contribution in [-0.2, 0) is 12.4 Å². The third-order valence-corrected chi connectivity index (χ3v) is 3.28. The van der Waals surface area contributed by atoms with Gasteiger partial charge in [-0.2, -0.15) is 0 Å². The van der Waals surface area contributed by atoms with E-state index in [4.69, 9.17) is 11.6 Å². The van der Waals surface area contributed by atoms with E-state index in [9.17, 15) is 0 Å². The first kappa shape index (κ1) is 11.3. The molecule has 90 valence electrons. The van der Waals surface area contributed by atoms with Gasteiger partial charge in [0, 0.05) is 6.54 Å². The Labute approximate surface area is 111 Å². The van der Waals surface area contributed by atoms with Crippen LogP contribution < -0.4 is 0 Å². The second-order valence-electron chi connectivity index (χ2n) is 4.22. The molecule has 2 nitrogen and oxygen atoms in total. The number of hydrogen-bond acceptors (Lipinski definition) is 1. The summed E-state index contributed by atoms with van der Waals surface area (Å²) in [5, 5.41) is 0. The summed E-state index contributed by atoms with van der Waals surface area (Å²) in [5.41, 5.74) is 3.40. The maximum absolute atomic E-state index is 5.99. The molecule has 0 aliphatic heterocycles. The molecule has 0 unspecified atom stereocenters. The number of imidazole rings is 1. The highest BCUT2D eigenvalue weighted by atomic mass is 35.5. The van der Waals surface area contributed by atoms with Gasteiger partial charge in [-0.15, -0.1) is 11.6 Å². The summed E-state index contributed by atoms with van der Waals surface area (Å²) >= 11 is 5.99. The number of benzene rings is 2. The number of alkyl halides is 1. The summed E-state index contributed by atoms with van der Waals surface area (Å²) in [6.07, 6.45) is 0. The van der Waals surface area contributed by atoms with Gasteiger partial charge in [-0.3, -0.25) is 0 Å². The van der Waals surface area contributed by atoms with Crippen molar-refractivity contribution in [2.45, 2.75) is 12.4 Å². The van der Waals surface area contributed by atoms with Crippen LogP contribution in [-0.4, -0.2) is 9.55 Å². The molecule has 0 spiro atoms. The Hall–Kier alpha value is -1.80. The minimum absolute atomic E-state index is 0.432. The van der Waals surface area contributed by atoms with Gasteiger partial charge in [-0.1, -0.05) is 42.5 Å². The Morgan fingerprint density at radius 3 is 2.44 bits per heavy atom. The highest BCUT2D eigenvalue weighted by Crippen LogP contribution is 2.18. The molecule has 0 atom stereocenters. The van der Waals surface area contributed by atoms with Crippen molar-refractivity contribution in [1.82, 2.24) is 9.55 Å². The zero-order chi connectivity index (χ0) is 12.4. The molecule has 0 saturated carbocycles. The van der Waals surface area contributed by atoms with Crippen LogP contribution in [0, 0.1) is 0 Å². The van der Waals surface area contributed by atoms with E-state index >= 15 is 0 Å². The molecule has 3 heteroatoms. The maximum Gasteiger partial charge on any atom is 0.125 e. The van der Waals surface area contributed by atoms with Crippen LogP contribution in [0.2, 0.25) is 0 Å². The molecular formula is C15H13ClN2. The molecule has 3 rings (SSSR count). The van der Waals surface area contributed by atoms with Gasteiger partial charge in [0.05, 0.1) is 16.9 Å². The molecule has 0 amide bonds. The molecule has 0 N–H and O–H groups in total. The number of hydrogen-bond donors (Lipinski definition) is 0. The number of halogens is 1. The van der Waals surface area contributed by atoms with Gasteiger partial charge in [0.1, 0.15) is 5.82 Å². The minimum Gasteiger partial charge on any atom is -0.322 e. The van der Waals surface area contributed by atoms with Crippen LogP contribution in [0.15, 0.2) is 54.6 Å². The molecule has 0 aliphatic rings. The third-order valence-electron chi connectivity index (χ3n) is 3.04. The molecular weight excluding hydrogens is 244 g/mol. The van der Waals surface area contributed by atoms with Gasteiger partial charge in [0.25, 0.3) is 0 Å². The quantitative estimate of drug-likeness (QED) is 0.652. The van der Waals surface area contributed by atoms with Crippen molar-refractivity contribution in [2.75, 3.05) is 0 Å². The Balaban J connectivity index is 2.10. The van der Waals surface area contributed by atoms with Gasteiger partial charge in [0.2, 0.25) is 0 Å². The minimum atomic E-state index is 0.432. The van der Waals surface area contributed by atoms with E-state index in [1.807, 2.05) is 24.3 Å². The van der Waals surface area contributed by atoms with E-state index in [-0.39, 0.29) is 0 Å². The second-order valence-corrected chi connectivity index (χ2v) is 4.49. The summed E-state index contributed by atoms with van der Waals surface area (Å²) in [6, 6.07) is 18.5. The van der Waals surface area contributed by atoms with E-state index in [2.05, 4.69) is 39.9 Å². The summed E-state index contributed by atoms with van der Waals surface area (Å²) in [7, 11) is 0. The fraction of sp³-hybridized carbons (Fsp3) is 0.133. The van der Waals surface area contributed by atoms with Crippen molar-refractivity contribution in [1.29, 1.82) is 0 Å². The van der Waals surface area contributed by atoms with Crippen LogP contribution in [0.1, 0.15) is 11.4 Å². The standard InChI is InChI=1S/C15H13ClN2/c16-10-15-17-13-8-4-5-9-14(13)18(15)11-12-6-2-1-3-7-12/h1-9H,10-11H2. The van der Waals surface area contributed by atoms with E-state index in [1.54, 1.807) is 0 Å². The maximum atomic E-state index is 5.99. The lowest BCUT2D eigenvalue weighted by atomic mass is 10.2. The molecule has 3 aromatic rings. The molecule has 0 fully saturated rings. The fourth-order valence-corrected chi connectivity index (χ4v) is 2.37. The summed E-state index contributed by atoms with van der Waals surface area (Å²) in [4.78, 5) is 4.56. The first-order valence-corrected chi connectivity index (χ1v) is 6.46. The second kappa shape index (κ2) is 4.83. The van der Waals surface area contributed by atoms with E-state index in [0.29, 0.717) is 5.88 Å². The van der Waals surface area contributed by atoms with E-state index < -0.39 is 0 Å². The van der Waals surface area contributed by atoms with Gasteiger partial charge >= 0.3 is 0 Å². The molecule has 0 aliphatic carbocycles. The van der Waals surface area contributed by atoms with E-state index in [0.717, 1.165) is 23.4 Å². The SMILES string of the molecule is ClCc1nc2ccccc2n1Cc1ccccc1. The fourth-order valence-electron chi connectivity index (χ4n) is 2.17. The van der Waals surface area contributed by atoms with Crippen LogP contribution in [0.25, 0.3) is 11.0 Å². The van der Waals surface area contributed by atoms with Crippen LogP contribution in [0.4, 0.5) is 0 Å². The normalized spacial score (nSPS) is 10.9. The molecule has 1 aromatic heterocycles. The van der Waals surface area contributed by atoms with Crippen molar-refractivity contribution in [2.24, 2.45) is 0 Å². The summed E-state index contributed by atoms with van der Waals surface area (Å²) in [5.74, 6) is 1.35. The first-order chi connectivity index (χ1) is 8.88. The highest BCUT2D eigenvalue weighted by Gasteiger charge is 2.09. The smallest absolute Gasteiger partial charge is 0.125 e. The Morgan fingerprint density at radius 1 is 0.944 bits per heavy atom. The van der Waals surface area contributed by atoms with Gasteiger partial charge < -0.3 is 4.57 Å². The zero-order valence-corrected chi connectivity index (χ0v) is 10.6. The van der Waals surface area contributed by atoms with Crippen molar-refractivity contribution >= 4 is 22.6 Å². The van der Waals surface area contributed by atoms with Crippen molar-refractivity contribution < 1.29 is 0 Å². The predicted molar refractivity (Wildman–Crippen MR) is 74.8 cm³/mol. The molecule has 0 bridgehead atoms. The Bertz CT molecular complexity index is 659. The number of fused-ring (bicyclic) bond motifs is 1. The lowest BCUT2D eigenvalue weighted by molar-refractivity contribution is 0.779. The third kappa shape index (κ3) is 2.00. The molecule has 0 radical (unpaired) electrons. The number of nitrogens with zero attached hydrogens (tertiary/aromatic N) is 2. The number of aromatic nitrogens is 2. The van der Waals surface area contributed by atoms with Crippen LogP contribution >= 0.6 is 11.6 Å². The lowest BCUT2D eigenvalue weighted by Crippen LogP contribution is -2.03. The largest absolute Gasteiger partial charge is 0.322 e. The van der Waals surface area contributed by atoms with Crippen LogP contribution in [0.3, 0.4) is 0 Å². The van der Waals surface area contributed by atoms with Gasteiger partial charge in [-0.05, 0) is 17.7 Å². The topological polar surface area (TPSA) is 17.8 Å². The average Bonchev–Trinajstić information content (AvgIpc) is 2.78. The van der Waals surface area contributed by atoms with Crippen molar-refractivity contribution in [3.05, 3.63) is 66.0 Å². The Kier molecular flexibility index (Phi) is 3.03. The lowest BCUT2D eigenvalue weighted by Gasteiger charge is -2.07. The van der Waals surface area contributed by atoms with Crippen molar-refractivity contribution in [3.8, 4) is 0 Å². The average molecular weight is 257 g/mol. The van der Waals surface area contributed by atoms with Gasteiger partial charge in [0.15, 0.2) is 0 Å². The number of rotatable bonds is 3. The number of para-hydroxylation sites is 2. The monoisotopic (exact) mass is 256 g/mol. The Morgan fingerprint density at radius 2 is 1.67 bits per heavy atom. The highest BCUT2D eigenvalue weighted by molar-refractivity contribution is 6.16. The predicted octanol–water partition coefficient (Wildman–Crippen LogP) is 3.82. The molecule has 1 heterocycles.